The van der Waals surface area contributed by atoms with Gasteiger partial charge in [0, 0.05) is 17.8 Å². The van der Waals surface area contributed by atoms with E-state index in [0.717, 1.165) is 10.6 Å². The maximum absolute atomic E-state index is 13.4. The van der Waals surface area contributed by atoms with Gasteiger partial charge in [0.25, 0.3) is 11.5 Å². The summed E-state index contributed by atoms with van der Waals surface area (Å²) in [6.45, 7) is 1.93. The lowest BCUT2D eigenvalue weighted by Gasteiger charge is -2.08. The normalized spacial score (nSPS) is 10.8. The number of aromatic nitrogens is 2. The Morgan fingerprint density at radius 1 is 1.24 bits per heavy atom. The van der Waals surface area contributed by atoms with Crippen LogP contribution in [0.2, 0.25) is 5.02 Å². The van der Waals surface area contributed by atoms with Crippen molar-refractivity contribution in [3.05, 3.63) is 73.6 Å². The number of anilines is 1. The average Bonchev–Trinajstić information content (AvgIpc) is 2.58. The molecule has 3 rings (SSSR count). The van der Waals surface area contributed by atoms with Crippen molar-refractivity contribution in [1.82, 2.24) is 9.55 Å². The number of hydrogen-bond donors (Lipinski definition) is 2. The fourth-order valence-corrected chi connectivity index (χ4v) is 2.58. The van der Waals surface area contributed by atoms with Crippen LogP contribution in [0.1, 0.15) is 17.3 Å². The molecule has 2 N–H and O–H groups in total. The van der Waals surface area contributed by atoms with Gasteiger partial charge in [-0.1, -0.05) is 11.6 Å². The smallest absolute Gasteiger partial charge is 0.322 e. The van der Waals surface area contributed by atoms with Gasteiger partial charge in [-0.15, -0.1) is 0 Å². The van der Waals surface area contributed by atoms with Crippen LogP contribution in [-0.2, 0) is 6.54 Å². The number of halogens is 2. The van der Waals surface area contributed by atoms with Crippen molar-refractivity contribution in [2.45, 2.75) is 13.5 Å². The van der Waals surface area contributed by atoms with E-state index in [1.165, 1.54) is 30.3 Å². The molecule has 0 fully saturated rings. The van der Waals surface area contributed by atoms with Gasteiger partial charge in [-0.2, -0.15) is 0 Å². The van der Waals surface area contributed by atoms with E-state index in [2.05, 4.69) is 10.3 Å². The first kappa shape index (κ1) is 16.9. The van der Waals surface area contributed by atoms with E-state index in [9.17, 15) is 18.8 Å². The Morgan fingerprint density at radius 3 is 2.68 bits per heavy atom. The second kappa shape index (κ2) is 6.52. The zero-order valence-corrected chi connectivity index (χ0v) is 13.9. The van der Waals surface area contributed by atoms with Crippen LogP contribution in [0.25, 0.3) is 10.9 Å². The largest absolute Gasteiger partial charge is 0.328 e. The minimum atomic E-state index is -0.651. The number of amides is 1. The lowest BCUT2D eigenvalue weighted by atomic mass is 10.1. The molecule has 1 aromatic heterocycles. The number of benzene rings is 2. The minimum absolute atomic E-state index is 0.0477. The number of H-pyrrole nitrogens is 1. The van der Waals surface area contributed by atoms with E-state index >= 15 is 0 Å². The molecule has 0 unspecified atom stereocenters. The third-order valence-corrected chi connectivity index (χ3v) is 4.04. The first-order valence-corrected chi connectivity index (χ1v) is 7.81. The van der Waals surface area contributed by atoms with Crippen molar-refractivity contribution in [3.63, 3.8) is 0 Å². The van der Waals surface area contributed by atoms with Gasteiger partial charge in [-0.3, -0.25) is 14.2 Å². The van der Waals surface area contributed by atoms with Crippen LogP contribution in [0.3, 0.4) is 0 Å². The molecule has 0 aliphatic rings. The number of nitrogens with one attached hydrogen (secondary N) is 2. The molecule has 1 amide bonds. The van der Waals surface area contributed by atoms with E-state index in [1.807, 2.05) is 0 Å². The van der Waals surface area contributed by atoms with Gasteiger partial charge in [-0.05, 0) is 43.3 Å². The molecule has 3 aromatic rings. The predicted molar refractivity (Wildman–Crippen MR) is 93.9 cm³/mol. The van der Waals surface area contributed by atoms with Gasteiger partial charge in [-0.25, -0.2) is 9.18 Å². The van der Waals surface area contributed by atoms with Crippen LogP contribution in [0.15, 0.2) is 46.0 Å². The molecule has 0 saturated heterocycles. The maximum atomic E-state index is 13.4. The Bertz CT molecular complexity index is 1100. The molecule has 25 heavy (non-hydrogen) atoms. The Hall–Kier alpha value is -2.93. The van der Waals surface area contributed by atoms with Crippen molar-refractivity contribution in [2.24, 2.45) is 0 Å². The van der Waals surface area contributed by atoms with Gasteiger partial charge < -0.3 is 10.3 Å². The summed E-state index contributed by atoms with van der Waals surface area (Å²) in [4.78, 5) is 39.0. The van der Waals surface area contributed by atoms with Gasteiger partial charge in [0.2, 0.25) is 0 Å². The molecule has 128 valence electrons. The number of carbonyl (C=O) groups excluding carboxylic acids is 1. The number of nitrogens with zero attached hydrogens (tertiary/aromatic N) is 1. The van der Waals surface area contributed by atoms with Crippen LogP contribution in [0.5, 0.6) is 0 Å². The zero-order valence-electron chi connectivity index (χ0n) is 13.1. The SMILES string of the molecule is CCn1c(=O)[nH]c2cc(C(=O)Nc3ccc(Cl)c(F)c3)ccc2c1=O. The molecule has 0 bridgehead atoms. The summed E-state index contributed by atoms with van der Waals surface area (Å²) in [6.07, 6.45) is 0. The summed E-state index contributed by atoms with van der Waals surface area (Å²) >= 11 is 5.60. The Morgan fingerprint density at radius 2 is 2.00 bits per heavy atom. The molecule has 2 aromatic carbocycles. The lowest BCUT2D eigenvalue weighted by Crippen LogP contribution is -2.34. The van der Waals surface area contributed by atoms with E-state index in [-0.39, 0.29) is 28.3 Å². The highest BCUT2D eigenvalue weighted by atomic mass is 35.5. The lowest BCUT2D eigenvalue weighted by molar-refractivity contribution is 0.102. The molecule has 8 heteroatoms. The monoisotopic (exact) mass is 361 g/mol. The highest BCUT2D eigenvalue weighted by Gasteiger charge is 2.12. The topological polar surface area (TPSA) is 84.0 Å². The number of carbonyl (C=O) groups is 1. The van der Waals surface area contributed by atoms with Gasteiger partial charge in [0.05, 0.1) is 15.9 Å². The standard InChI is InChI=1S/C17H13ClFN3O3/c1-2-22-16(24)11-5-3-9(7-14(11)21-17(22)25)15(23)20-10-4-6-12(18)13(19)8-10/h3-8H,2H2,1H3,(H,20,23)(H,21,25). The fourth-order valence-electron chi connectivity index (χ4n) is 2.46. The van der Waals surface area contributed by atoms with Crippen LogP contribution < -0.4 is 16.6 Å². The van der Waals surface area contributed by atoms with Crippen molar-refractivity contribution in [3.8, 4) is 0 Å². The number of rotatable bonds is 3. The Kier molecular flexibility index (Phi) is 4.41. The van der Waals surface area contributed by atoms with Gasteiger partial charge in [0.15, 0.2) is 0 Å². The minimum Gasteiger partial charge on any atom is -0.322 e. The van der Waals surface area contributed by atoms with Crippen LogP contribution >= 0.6 is 11.6 Å². The summed E-state index contributed by atoms with van der Waals surface area (Å²) in [5, 5.41) is 2.78. The zero-order chi connectivity index (χ0) is 18.1. The van der Waals surface area contributed by atoms with Crippen molar-refractivity contribution in [1.29, 1.82) is 0 Å². The molecule has 0 aliphatic carbocycles. The first-order chi connectivity index (χ1) is 11.9. The summed E-state index contributed by atoms with van der Waals surface area (Å²) < 4.78 is 14.5. The molecule has 1 heterocycles. The van der Waals surface area contributed by atoms with E-state index in [4.69, 9.17) is 11.6 Å². The Labute approximate surface area is 145 Å². The summed E-state index contributed by atoms with van der Waals surface area (Å²) in [5.41, 5.74) is -0.256. The van der Waals surface area contributed by atoms with E-state index in [0.29, 0.717) is 5.39 Å². The number of hydrogen-bond acceptors (Lipinski definition) is 3. The fraction of sp³-hybridized carbons (Fsp3) is 0.118. The average molecular weight is 362 g/mol. The van der Waals surface area contributed by atoms with Crippen LogP contribution in [0, 0.1) is 5.82 Å². The first-order valence-electron chi connectivity index (χ1n) is 7.44. The third kappa shape index (κ3) is 3.18. The van der Waals surface area contributed by atoms with Crippen LogP contribution in [-0.4, -0.2) is 15.5 Å². The summed E-state index contributed by atoms with van der Waals surface area (Å²) in [5.74, 6) is -1.16. The second-order valence-corrected chi connectivity index (χ2v) is 5.73. The molecule has 0 spiro atoms. The Balaban J connectivity index is 1.98. The van der Waals surface area contributed by atoms with Gasteiger partial charge in [0.1, 0.15) is 5.82 Å². The van der Waals surface area contributed by atoms with Crippen molar-refractivity contribution >= 4 is 34.1 Å². The highest BCUT2D eigenvalue weighted by Crippen LogP contribution is 2.19. The van der Waals surface area contributed by atoms with Crippen LogP contribution in [0.4, 0.5) is 10.1 Å². The molecular weight excluding hydrogens is 349 g/mol. The van der Waals surface area contributed by atoms with E-state index < -0.39 is 23.0 Å². The van der Waals surface area contributed by atoms with Crippen molar-refractivity contribution in [2.75, 3.05) is 5.32 Å². The highest BCUT2D eigenvalue weighted by molar-refractivity contribution is 6.30. The molecular formula is C17H13ClFN3O3. The molecule has 0 saturated carbocycles. The molecule has 0 atom stereocenters. The van der Waals surface area contributed by atoms with Gasteiger partial charge >= 0.3 is 5.69 Å². The quantitative estimate of drug-likeness (QED) is 0.752. The van der Waals surface area contributed by atoms with Crippen molar-refractivity contribution < 1.29 is 9.18 Å². The number of aromatic amines is 1. The maximum Gasteiger partial charge on any atom is 0.328 e. The summed E-state index contributed by atoms with van der Waals surface area (Å²) in [7, 11) is 0. The molecule has 0 aliphatic heterocycles. The molecule has 6 nitrogen and oxygen atoms in total. The van der Waals surface area contributed by atoms with E-state index in [1.54, 1.807) is 6.92 Å². The number of fused-ring (bicyclic) bond motifs is 1. The third-order valence-electron chi connectivity index (χ3n) is 3.74. The second-order valence-electron chi connectivity index (χ2n) is 5.32. The molecule has 0 radical (unpaired) electrons. The predicted octanol–water partition coefficient (Wildman–Crippen LogP) is 2.75. The summed E-state index contributed by atoms with van der Waals surface area (Å²) in [6, 6.07) is 8.23.